The van der Waals surface area contributed by atoms with Gasteiger partial charge in [0.05, 0.1) is 12.8 Å². The van der Waals surface area contributed by atoms with E-state index in [-0.39, 0.29) is 12.5 Å². The predicted octanol–water partition coefficient (Wildman–Crippen LogP) is 3.84. The first kappa shape index (κ1) is 23.2. The van der Waals surface area contributed by atoms with E-state index in [0.29, 0.717) is 0 Å². The lowest BCUT2D eigenvalue weighted by Crippen LogP contribution is -2.36. The highest BCUT2D eigenvalue weighted by atomic mass is 16.6. The standard InChI is InChI=1S/C24H28N4O4/c1-15-7-6-8-20(23(28-30-5)24(29)25-4)21(15)14-31-26-17(3)18-9-11-19(12-10-18)22-13-16(2)32-27-22/h6-13,23,28H,14H2,1-5H3,(H,25,29)/b26-17+. The average molecular weight is 437 g/mol. The number of hydroxylamine groups is 1. The van der Waals surface area contributed by atoms with E-state index in [1.165, 1.54) is 7.11 Å². The number of likely N-dealkylation sites (N-methyl/N-ethyl adjacent to an activating group) is 1. The zero-order valence-electron chi connectivity index (χ0n) is 18.9. The second kappa shape index (κ2) is 10.7. The van der Waals surface area contributed by atoms with Crippen LogP contribution in [-0.4, -0.2) is 30.9 Å². The zero-order valence-corrected chi connectivity index (χ0v) is 18.9. The van der Waals surface area contributed by atoms with Gasteiger partial charge in [-0.1, -0.05) is 52.8 Å². The van der Waals surface area contributed by atoms with Crippen LogP contribution >= 0.6 is 0 Å². The van der Waals surface area contributed by atoms with E-state index in [0.717, 1.165) is 45.0 Å². The quantitative estimate of drug-likeness (QED) is 0.391. The minimum Gasteiger partial charge on any atom is -0.391 e. The lowest BCUT2D eigenvalue weighted by atomic mass is 9.96. The Hall–Kier alpha value is -3.49. The topological polar surface area (TPSA) is 98.0 Å². The number of carbonyl (C=O) groups is 1. The Bertz CT molecular complexity index is 1090. The van der Waals surface area contributed by atoms with Gasteiger partial charge in [-0.15, -0.1) is 0 Å². The maximum Gasteiger partial charge on any atom is 0.243 e. The molecule has 2 aromatic carbocycles. The van der Waals surface area contributed by atoms with Crippen molar-refractivity contribution in [2.24, 2.45) is 5.16 Å². The first-order chi connectivity index (χ1) is 15.4. The summed E-state index contributed by atoms with van der Waals surface area (Å²) in [5, 5.41) is 11.0. The molecule has 3 rings (SSSR count). The predicted molar refractivity (Wildman–Crippen MR) is 122 cm³/mol. The Labute approximate surface area is 187 Å². The number of aryl methyl sites for hydroxylation is 2. The number of carbonyl (C=O) groups excluding carboxylic acids is 1. The summed E-state index contributed by atoms with van der Waals surface area (Å²) >= 11 is 0. The van der Waals surface area contributed by atoms with E-state index in [1.54, 1.807) is 7.05 Å². The molecule has 0 aliphatic heterocycles. The van der Waals surface area contributed by atoms with Crippen LogP contribution < -0.4 is 10.8 Å². The van der Waals surface area contributed by atoms with Gasteiger partial charge in [0.25, 0.3) is 0 Å². The summed E-state index contributed by atoms with van der Waals surface area (Å²) in [6.45, 7) is 5.93. The lowest BCUT2D eigenvalue weighted by molar-refractivity contribution is -0.126. The molecule has 8 heteroatoms. The molecule has 0 bridgehead atoms. The van der Waals surface area contributed by atoms with Crippen LogP contribution in [0, 0.1) is 13.8 Å². The van der Waals surface area contributed by atoms with Gasteiger partial charge in [0, 0.05) is 24.2 Å². The molecule has 1 atom stereocenters. The van der Waals surface area contributed by atoms with E-state index < -0.39 is 6.04 Å². The Morgan fingerprint density at radius 2 is 1.94 bits per heavy atom. The fourth-order valence-corrected chi connectivity index (χ4v) is 3.34. The van der Waals surface area contributed by atoms with Gasteiger partial charge < -0.3 is 19.5 Å². The first-order valence-electron chi connectivity index (χ1n) is 10.2. The highest BCUT2D eigenvalue weighted by molar-refractivity contribution is 5.98. The maximum absolute atomic E-state index is 12.3. The third kappa shape index (κ3) is 5.40. The average Bonchev–Trinajstić information content (AvgIpc) is 3.24. The van der Waals surface area contributed by atoms with Crippen molar-refractivity contribution in [1.82, 2.24) is 16.0 Å². The van der Waals surface area contributed by atoms with Gasteiger partial charge in [0.15, 0.2) is 0 Å². The molecule has 0 saturated carbocycles. The van der Waals surface area contributed by atoms with Crippen molar-refractivity contribution < 1.29 is 19.0 Å². The molecule has 168 valence electrons. The molecule has 0 radical (unpaired) electrons. The van der Waals surface area contributed by atoms with Gasteiger partial charge in [-0.2, -0.15) is 5.48 Å². The fourth-order valence-electron chi connectivity index (χ4n) is 3.34. The van der Waals surface area contributed by atoms with E-state index in [2.05, 4.69) is 21.1 Å². The molecule has 1 aromatic heterocycles. The van der Waals surface area contributed by atoms with Gasteiger partial charge in [-0.05, 0) is 37.5 Å². The molecule has 1 amide bonds. The van der Waals surface area contributed by atoms with E-state index in [1.807, 2.05) is 69.3 Å². The lowest BCUT2D eigenvalue weighted by Gasteiger charge is -2.20. The third-order valence-corrected chi connectivity index (χ3v) is 5.14. The largest absolute Gasteiger partial charge is 0.391 e. The number of benzene rings is 2. The van der Waals surface area contributed by atoms with Gasteiger partial charge >= 0.3 is 0 Å². The highest BCUT2D eigenvalue weighted by Gasteiger charge is 2.23. The molecule has 0 saturated heterocycles. The number of nitrogens with one attached hydrogen (secondary N) is 2. The molecule has 1 unspecified atom stereocenters. The molecule has 32 heavy (non-hydrogen) atoms. The molecule has 0 spiro atoms. The normalized spacial score (nSPS) is 12.5. The van der Waals surface area contributed by atoms with Gasteiger partial charge in [-0.25, -0.2) is 0 Å². The SMILES string of the molecule is CNC(=O)C(NOC)c1cccc(C)c1CO/N=C(\C)c1ccc(-c2cc(C)on2)cc1. The highest BCUT2D eigenvalue weighted by Crippen LogP contribution is 2.23. The summed E-state index contributed by atoms with van der Waals surface area (Å²) in [4.78, 5) is 23.0. The Balaban J connectivity index is 1.74. The summed E-state index contributed by atoms with van der Waals surface area (Å²) in [6.07, 6.45) is 0. The number of rotatable bonds is 9. The van der Waals surface area contributed by atoms with E-state index in [9.17, 15) is 4.79 Å². The molecular formula is C24H28N4O4. The molecule has 0 aliphatic rings. The van der Waals surface area contributed by atoms with Crippen LogP contribution in [0.3, 0.4) is 0 Å². The molecule has 8 nitrogen and oxygen atoms in total. The molecular weight excluding hydrogens is 408 g/mol. The van der Waals surface area contributed by atoms with Gasteiger partial charge in [-0.3, -0.25) is 4.79 Å². The number of amides is 1. The van der Waals surface area contributed by atoms with E-state index >= 15 is 0 Å². The van der Waals surface area contributed by atoms with Crippen molar-refractivity contribution in [2.75, 3.05) is 14.2 Å². The Morgan fingerprint density at radius 1 is 1.19 bits per heavy atom. The number of aromatic nitrogens is 1. The van der Waals surface area contributed by atoms with Gasteiger partial charge in [0.1, 0.15) is 24.1 Å². The third-order valence-electron chi connectivity index (χ3n) is 5.14. The molecule has 3 aromatic rings. The summed E-state index contributed by atoms with van der Waals surface area (Å²) in [6, 6.07) is 14.8. The van der Waals surface area contributed by atoms with Crippen LogP contribution in [-0.2, 0) is 21.1 Å². The van der Waals surface area contributed by atoms with Crippen molar-refractivity contribution in [3.05, 3.63) is 76.5 Å². The van der Waals surface area contributed by atoms with Crippen molar-refractivity contribution in [2.45, 2.75) is 33.4 Å². The summed E-state index contributed by atoms with van der Waals surface area (Å²) in [5.41, 5.74) is 8.82. The molecule has 1 heterocycles. The fraction of sp³-hybridized carbons (Fsp3) is 0.292. The molecule has 0 fully saturated rings. The van der Waals surface area contributed by atoms with Crippen molar-refractivity contribution >= 4 is 11.6 Å². The molecule has 0 aliphatic carbocycles. The van der Waals surface area contributed by atoms with Crippen molar-refractivity contribution in [3.63, 3.8) is 0 Å². The second-order valence-electron chi connectivity index (χ2n) is 7.36. The minimum atomic E-state index is -0.665. The minimum absolute atomic E-state index is 0.208. The summed E-state index contributed by atoms with van der Waals surface area (Å²) in [7, 11) is 3.06. The van der Waals surface area contributed by atoms with Gasteiger partial charge in [0.2, 0.25) is 5.91 Å². The summed E-state index contributed by atoms with van der Waals surface area (Å²) < 4.78 is 5.13. The number of nitrogens with zero attached hydrogens (tertiary/aromatic N) is 2. The van der Waals surface area contributed by atoms with Crippen LogP contribution in [0.25, 0.3) is 11.3 Å². The second-order valence-corrected chi connectivity index (χ2v) is 7.36. The van der Waals surface area contributed by atoms with E-state index in [4.69, 9.17) is 14.2 Å². The van der Waals surface area contributed by atoms with Crippen molar-refractivity contribution in [3.8, 4) is 11.3 Å². The first-order valence-corrected chi connectivity index (χ1v) is 10.2. The Kier molecular flexibility index (Phi) is 7.75. The maximum atomic E-state index is 12.3. The smallest absolute Gasteiger partial charge is 0.243 e. The zero-order chi connectivity index (χ0) is 23.1. The number of hydrogen-bond donors (Lipinski definition) is 2. The Morgan fingerprint density at radius 3 is 2.56 bits per heavy atom. The number of hydrogen-bond acceptors (Lipinski definition) is 7. The number of oxime groups is 1. The summed E-state index contributed by atoms with van der Waals surface area (Å²) in [5.74, 6) is 0.561. The van der Waals surface area contributed by atoms with Crippen LogP contribution in [0.5, 0.6) is 0 Å². The van der Waals surface area contributed by atoms with Crippen molar-refractivity contribution in [1.29, 1.82) is 0 Å². The monoisotopic (exact) mass is 436 g/mol. The molecule has 2 N–H and O–H groups in total. The van der Waals surface area contributed by atoms with Crippen LogP contribution in [0.1, 0.15) is 41.0 Å². The van der Waals surface area contributed by atoms with Crippen LogP contribution in [0.4, 0.5) is 0 Å². The van der Waals surface area contributed by atoms with Crippen LogP contribution in [0.15, 0.2) is 58.2 Å². The van der Waals surface area contributed by atoms with Crippen LogP contribution in [0.2, 0.25) is 0 Å².